The van der Waals surface area contributed by atoms with E-state index in [1.54, 1.807) is 0 Å². The third-order valence-electron chi connectivity index (χ3n) is 4.10. The van der Waals surface area contributed by atoms with Crippen molar-refractivity contribution in [2.24, 2.45) is 0 Å². The molecule has 116 valence electrons. The molecule has 1 aromatic carbocycles. The lowest BCUT2D eigenvalue weighted by molar-refractivity contribution is -0.136. The number of nitrogens with one attached hydrogen (secondary N) is 2. The zero-order valence-corrected chi connectivity index (χ0v) is 12.5. The standard InChI is InChI=1S/C16H19N3O3/c1-19(8-6-14(20)21)10-4-5-11-13(9-10)18-16(22)12-3-2-7-17-15(11)12/h4-5,9,17H,2-3,6-8H2,1H3,(H,18,22)(H,20,21). The number of carboxylic acid groups (broad SMARTS) is 1. The molecule has 0 saturated heterocycles. The Morgan fingerprint density at radius 1 is 1.41 bits per heavy atom. The summed E-state index contributed by atoms with van der Waals surface area (Å²) in [6, 6.07) is 5.84. The molecule has 2 aromatic rings. The van der Waals surface area contributed by atoms with Gasteiger partial charge in [-0.1, -0.05) is 0 Å². The first kappa shape index (κ1) is 14.4. The molecule has 2 heterocycles. The number of hydrogen-bond donors (Lipinski definition) is 3. The van der Waals surface area contributed by atoms with E-state index in [-0.39, 0.29) is 12.0 Å². The van der Waals surface area contributed by atoms with E-state index in [1.165, 1.54) is 0 Å². The first-order chi connectivity index (χ1) is 10.6. The van der Waals surface area contributed by atoms with Crippen LogP contribution in [0.1, 0.15) is 18.4 Å². The molecular formula is C16H19N3O3. The van der Waals surface area contributed by atoms with Crippen molar-refractivity contribution in [3.8, 4) is 0 Å². The molecule has 0 atom stereocenters. The molecule has 3 rings (SSSR count). The Balaban J connectivity index is 2.00. The Labute approximate surface area is 127 Å². The van der Waals surface area contributed by atoms with Gasteiger partial charge in [-0.25, -0.2) is 0 Å². The van der Waals surface area contributed by atoms with E-state index >= 15 is 0 Å². The Morgan fingerprint density at radius 3 is 3.00 bits per heavy atom. The average Bonchev–Trinajstić information content (AvgIpc) is 2.52. The topological polar surface area (TPSA) is 85.4 Å². The summed E-state index contributed by atoms with van der Waals surface area (Å²) in [5, 5.41) is 13.1. The summed E-state index contributed by atoms with van der Waals surface area (Å²) >= 11 is 0. The van der Waals surface area contributed by atoms with Gasteiger partial charge in [0.05, 0.1) is 17.6 Å². The zero-order valence-electron chi connectivity index (χ0n) is 12.5. The second-order valence-electron chi connectivity index (χ2n) is 5.63. The van der Waals surface area contributed by atoms with Crippen LogP contribution in [0.2, 0.25) is 0 Å². The lowest BCUT2D eigenvalue weighted by Gasteiger charge is -2.21. The molecule has 6 heteroatoms. The molecule has 0 saturated carbocycles. The van der Waals surface area contributed by atoms with E-state index in [4.69, 9.17) is 5.11 Å². The Morgan fingerprint density at radius 2 is 2.23 bits per heavy atom. The van der Waals surface area contributed by atoms with Crippen molar-refractivity contribution in [2.75, 3.05) is 30.4 Å². The van der Waals surface area contributed by atoms with Gasteiger partial charge in [0.15, 0.2) is 0 Å². The number of aliphatic carboxylic acids is 1. The number of aromatic amines is 1. The lowest BCUT2D eigenvalue weighted by Crippen LogP contribution is -2.23. The summed E-state index contributed by atoms with van der Waals surface area (Å²) in [4.78, 5) is 27.7. The summed E-state index contributed by atoms with van der Waals surface area (Å²) in [5.74, 6) is -0.820. The number of H-pyrrole nitrogens is 1. The first-order valence-corrected chi connectivity index (χ1v) is 7.42. The minimum Gasteiger partial charge on any atom is -0.481 e. The van der Waals surface area contributed by atoms with Crippen molar-refractivity contribution >= 4 is 28.2 Å². The SMILES string of the molecule is CN(CCC(=O)O)c1ccc2c3c(c(=O)[nH]c2c1)CCCN3. The van der Waals surface area contributed by atoms with Gasteiger partial charge in [0.2, 0.25) is 0 Å². The lowest BCUT2D eigenvalue weighted by atomic mass is 10.0. The van der Waals surface area contributed by atoms with E-state index < -0.39 is 5.97 Å². The van der Waals surface area contributed by atoms with Gasteiger partial charge >= 0.3 is 5.97 Å². The molecule has 0 bridgehead atoms. The van der Waals surface area contributed by atoms with Gasteiger partial charge in [-0.2, -0.15) is 0 Å². The average molecular weight is 301 g/mol. The molecule has 3 N–H and O–H groups in total. The van der Waals surface area contributed by atoms with Crippen LogP contribution in [0.4, 0.5) is 11.4 Å². The summed E-state index contributed by atoms with van der Waals surface area (Å²) in [6.45, 7) is 1.31. The van der Waals surface area contributed by atoms with E-state index in [1.807, 2.05) is 30.1 Å². The van der Waals surface area contributed by atoms with Gasteiger partial charge in [0, 0.05) is 36.8 Å². The number of carboxylic acids is 1. The van der Waals surface area contributed by atoms with Crippen molar-refractivity contribution in [1.29, 1.82) is 0 Å². The second kappa shape index (κ2) is 5.71. The first-order valence-electron chi connectivity index (χ1n) is 7.42. The van der Waals surface area contributed by atoms with Crippen molar-refractivity contribution in [2.45, 2.75) is 19.3 Å². The highest BCUT2D eigenvalue weighted by molar-refractivity contribution is 5.94. The van der Waals surface area contributed by atoms with Crippen LogP contribution >= 0.6 is 0 Å². The predicted molar refractivity (Wildman–Crippen MR) is 86.9 cm³/mol. The smallest absolute Gasteiger partial charge is 0.305 e. The van der Waals surface area contributed by atoms with Gasteiger partial charge in [0.1, 0.15) is 0 Å². The molecule has 1 aromatic heterocycles. The van der Waals surface area contributed by atoms with Gasteiger partial charge in [-0.15, -0.1) is 0 Å². The van der Waals surface area contributed by atoms with Crippen molar-refractivity contribution in [1.82, 2.24) is 4.98 Å². The fourth-order valence-electron chi connectivity index (χ4n) is 2.88. The monoisotopic (exact) mass is 301 g/mol. The zero-order chi connectivity index (χ0) is 15.7. The maximum absolute atomic E-state index is 12.2. The van der Waals surface area contributed by atoms with Crippen molar-refractivity contribution in [3.05, 3.63) is 34.1 Å². The highest BCUT2D eigenvalue weighted by Crippen LogP contribution is 2.29. The minimum absolute atomic E-state index is 0.0416. The number of fused-ring (bicyclic) bond motifs is 3. The Hall–Kier alpha value is -2.50. The van der Waals surface area contributed by atoms with Crippen LogP contribution in [0.25, 0.3) is 10.9 Å². The highest BCUT2D eigenvalue weighted by Gasteiger charge is 2.16. The summed E-state index contributed by atoms with van der Waals surface area (Å²) in [7, 11) is 1.85. The maximum Gasteiger partial charge on any atom is 0.305 e. The number of rotatable bonds is 4. The number of hydrogen-bond acceptors (Lipinski definition) is 4. The third-order valence-corrected chi connectivity index (χ3v) is 4.10. The van der Waals surface area contributed by atoms with E-state index in [2.05, 4.69) is 10.3 Å². The molecule has 6 nitrogen and oxygen atoms in total. The highest BCUT2D eigenvalue weighted by atomic mass is 16.4. The summed E-state index contributed by atoms with van der Waals surface area (Å²) < 4.78 is 0. The molecule has 0 spiro atoms. The number of anilines is 2. The summed E-state index contributed by atoms with van der Waals surface area (Å²) in [6.07, 6.45) is 1.85. The minimum atomic E-state index is -0.820. The summed E-state index contributed by atoms with van der Waals surface area (Å²) in [5.41, 5.74) is 3.38. The number of pyridine rings is 1. The molecular weight excluding hydrogens is 282 g/mol. The van der Waals surface area contributed by atoms with E-state index in [0.29, 0.717) is 6.54 Å². The second-order valence-corrected chi connectivity index (χ2v) is 5.63. The molecule has 0 unspecified atom stereocenters. The van der Waals surface area contributed by atoms with Gasteiger partial charge in [0.25, 0.3) is 5.56 Å². The molecule has 0 radical (unpaired) electrons. The molecule has 1 aliphatic rings. The molecule has 0 fully saturated rings. The fraction of sp³-hybridized carbons (Fsp3) is 0.375. The molecule has 0 aliphatic carbocycles. The molecule has 22 heavy (non-hydrogen) atoms. The van der Waals surface area contributed by atoms with Crippen molar-refractivity contribution in [3.63, 3.8) is 0 Å². The van der Waals surface area contributed by atoms with Crippen LogP contribution < -0.4 is 15.8 Å². The largest absolute Gasteiger partial charge is 0.481 e. The predicted octanol–water partition coefficient (Wildman–Crippen LogP) is 1.80. The Kier molecular flexibility index (Phi) is 3.75. The number of aromatic nitrogens is 1. The molecule has 0 amide bonds. The maximum atomic E-state index is 12.2. The van der Waals surface area contributed by atoms with E-state index in [0.717, 1.165) is 47.2 Å². The van der Waals surface area contributed by atoms with Crippen LogP contribution in [-0.4, -0.2) is 36.2 Å². The van der Waals surface area contributed by atoms with Crippen LogP contribution in [0.5, 0.6) is 0 Å². The Bertz CT molecular complexity index is 782. The van der Waals surface area contributed by atoms with Crippen molar-refractivity contribution < 1.29 is 9.90 Å². The number of carbonyl (C=O) groups is 1. The van der Waals surface area contributed by atoms with Gasteiger partial charge in [-0.3, -0.25) is 9.59 Å². The number of nitrogens with zero attached hydrogens (tertiary/aromatic N) is 1. The quantitative estimate of drug-likeness (QED) is 0.802. The van der Waals surface area contributed by atoms with Crippen LogP contribution in [0, 0.1) is 0 Å². The van der Waals surface area contributed by atoms with Crippen LogP contribution in [0.15, 0.2) is 23.0 Å². The normalized spacial score (nSPS) is 13.5. The van der Waals surface area contributed by atoms with E-state index in [9.17, 15) is 9.59 Å². The fourth-order valence-corrected chi connectivity index (χ4v) is 2.88. The van der Waals surface area contributed by atoms with Gasteiger partial charge < -0.3 is 20.3 Å². The van der Waals surface area contributed by atoms with Crippen LogP contribution in [-0.2, 0) is 11.2 Å². The number of benzene rings is 1. The molecule has 1 aliphatic heterocycles. The van der Waals surface area contributed by atoms with Crippen LogP contribution in [0.3, 0.4) is 0 Å². The van der Waals surface area contributed by atoms with Gasteiger partial charge in [-0.05, 0) is 31.0 Å². The third kappa shape index (κ3) is 2.64.